The number of fused-ring (bicyclic) bond motifs is 5. The molecule has 7 aromatic rings. The van der Waals surface area contributed by atoms with Crippen LogP contribution in [-0.4, -0.2) is 0 Å². The maximum absolute atomic E-state index is 4.23. The molecule has 7 rings (SSSR count). The van der Waals surface area contributed by atoms with Gasteiger partial charge in [-0.1, -0.05) is 117 Å². The van der Waals surface area contributed by atoms with Crippen LogP contribution in [0.4, 0.5) is 0 Å². The summed E-state index contributed by atoms with van der Waals surface area (Å²) in [6, 6.07) is 42.4. The van der Waals surface area contributed by atoms with Gasteiger partial charge in [0.2, 0.25) is 0 Å². The molecular weight excluding hydrogens is 464 g/mol. The second-order valence-corrected chi connectivity index (χ2v) is 10.8. The van der Waals surface area contributed by atoms with Crippen molar-refractivity contribution in [2.75, 3.05) is 0 Å². The van der Waals surface area contributed by atoms with E-state index in [-0.39, 0.29) is 0 Å². The summed E-state index contributed by atoms with van der Waals surface area (Å²) in [6.45, 7) is 6.39. The molecule has 0 aliphatic carbocycles. The van der Waals surface area contributed by atoms with Crippen molar-refractivity contribution in [2.24, 2.45) is 0 Å². The summed E-state index contributed by atoms with van der Waals surface area (Å²) in [5, 5.41) is 7.83. The summed E-state index contributed by atoms with van der Waals surface area (Å²) in [4.78, 5) is 0. The molecule has 0 aliphatic rings. The van der Waals surface area contributed by atoms with Crippen molar-refractivity contribution in [1.82, 2.24) is 0 Å². The third-order valence-electron chi connectivity index (χ3n) is 7.61. The van der Waals surface area contributed by atoms with Gasteiger partial charge in [0.25, 0.3) is 0 Å². The van der Waals surface area contributed by atoms with Gasteiger partial charge in [-0.3, -0.25) is 0 Å². The number of allylic oxidation sites excluding steroid dienone is 1. The van der Waals surface area contributed by atoms with Gasteiger partial charge in [-0.05, 0) is 73.5 Å². The average Bonchev–Trinajstić information content (AvgIpc) is 3.33. The molecule has 1 aromatic heterocycles. The van der Waals surface area contributed by atoms with Crippen molar-refractivity contribution in [2.45, 2.75) is 13.3 Å². The van der Waals surface area contributed by atoms with Gasteiger partial charge >= 0.3 is 0 Å². The van der Waals surface area contributed by atoms with Crippen LogP contribution in [0.5, 0.6) is 0 Å². The normalized spacial score (nSPS) is 11.6. The maximum atomic E-state index is 4.23. The molecule has 0 saturated heterocycles. The fourth-order valence-corrected chi connectivity index (χ4v) is 6.85. The maximum Gasteiger partial charge on any atom is 0.0361 e. The molecule has 0 radical (unpaired) electrons. The van der Waals surface area contributed by atoms with E-state index in [0.717, 1.165) is 6.42 Å². The fraction of sp³-hybridized carbons (Fsp3) is 0.0556. The first kappa shape index (κ1) is 22.0. The molecule has 0 bridgehead atoms. The molecule has 0 N–H and O–H groups in total. The van der Waals surface area contributed by atoms with E-state index >= 15 is 0 Å². The van der Waals surface area contributed by atoms with E-state index in [2.05, 4.69) is 129 Å². The largest absolute Gasteiger partial charge is 0.135 e. The van der Waals surface area contributed by atoms with Crippen LogP contribution in [0.15, 0.2) is 122 Å². The van der Waals surface area contributed by atoms with Crippen molar-refractivity contribution < 1.29 is 0 Å². The Labute approximate surface area is 221 Å². The van der Waals surface area contributed by atoms with E-state index in [1.54, 1.807) is 0 Å². The van der Waals surface area contributed by atoms with Crippen LogP contribution in [0.25, 0.3) is 69.5 Å². The highest BCUT2D eigenvalue weighted by molar-refractivity contribution is 7.25. The molecule has 6 aromatic carbocycles. The van der Waals surface area contributed by atoms with Crippen molar-refractivity contribution >= 4 is 58.6 Å². The van der Waals surface area contributed by atoms with Gasteiger partial charge in [-0.2, -0.15) is 0 Å². The SMILES string of the molecule is C=C(CC)c1ccc(-c2c3ccccc3c(-c3ccc4c(c3)sc3ccccc34)c3ccccc23)cc1. The predicted molar refractivity (Wildman–Crippen MR) is 165 cm³/mol. The number of rotatable bonds is 4. The van der Waals surface area contributed by atoms with Gasteiger partial charge in [-0.25, -0.2) is 0 Å². The zero-order valence-electron chi connectivity index (χ0n) is 20.8. The molecule has 0 nitrogen and oxygen atoms in total. The first-order chi connectivity index (χ1) is 18.2. The summed E-state index contributed by atoms with van der Waals surface area (Å²) in [6.07, 6.45) is 0.962. The highest BCUT2D eigenvalue weighted by Crippen LogP contribution is 2.45. The van der Waals surface area contributed by atoms with Crippen molar-refractivity contribution in [3.8, 4) is 22.3 Å². The molecule has 0 saturated carbocycles. The molecule has 0 spiro atoms. The first-order valence-electron chi connectivity index (χ1n) is 12.9. The van der Waals surface area contributed by atoms with E-state index in [4.69, 9.17) is 0 Å². The van der Waals surface area contributed by atoms with Crippen molar-refractivity contribution in [1.29, 1.82) is 0 Å². The van der Waals surface area contributed by atoms with Crippen LogP contribution in [0.2, 0.25) is 0 Å². The summed E-state index contributed by atoms with van der Waals surface area (Å²) in [5.74, 6) is 0. The van der Waals surface area contributed by atoms with Gasteiger partial charge in [0, 0.05) is 20.2 Å². The number of benzene rings is 6. The van der Waals surface area contributed by atoms with Crippen LogP contribution in [0, 0.1) is 0 Å². The highest BCUT2D eigenvalue weighted by atomic mass is 32.1. The molecule has 1 heterocycles. The molecule has 1 heteroatoms. The third kappa shape index (κ3) is 3.50. The molecular formula is C36H26S. The van der Waals surface area contributed by atoms with Gasteiger partial charge in [-0.15, -0.1) is 11.3 Å². The van der Waals surface area contributed by atoms with Crippen molar-refractivity contribution in [3.63, 3.8) is 0 Å². The Balaban J connectivity index is 1.52. The molecule has 176 valence electrons. The average molecular weight is 491 g/mol. The van der Waals surface area contributed by atoms with Crippen molar-refractivity contribution in [3.05, 3.63) is 127 Å². The van der Waals surface area contributed by atoms with Crippen LogP contribution in [0.1, 0.15) is 18.9 Å². The van der Waals surface area contributed by atoms with E-state index in [9.17, 15) is 0 Å². The minimum absolute atomic E-state index is 0.962. The number of hydrogen-bond donors (Lipinski definition) is 0. The molecule has 37 heavy (non-hydrogen) atoms. The quantitative estimate of drug-likeness (QED) is 0.215. The summed E-state index contributed by atoms with van der Waals surface area (Å²) in [5.41, 5.74) is 7.51. The predicted octanol–water partition coefficient (Wildman–Crippen LogP) is 11.1. The molecule has 0 fully saturated rings. The van der Waals surface area contributed by atoms with Crippen LogP contribution in [-0.2, 0) is 0 Å². The first-order valence-corrected chi connectivity index (χ1v) is 13.7. The summed E-state index contributed by atoms with van der Waals surface area (Å²) in [7, 11) is 0. The smallest absolute Gasteiger partial charge is 0.0361 e. The molecule has 0 atom stereocenters. The van der Waals surface area contributed by atoms with Crippen LogP contribution < -0.4 is 0 Å². The Kier molecular flexibility index (Phi) is 5.20. The molecule has 0 aliphatic heterocycles. The van der Waals surface area contributed by atoms with Crippen LogP contribution >= 0.6 is 11.3 Å². The second-order valence-electron chi connectivity index (χ2n) is 9.68. The zero-order valence-corrected chi connectivity index (χ0v) is 21.6. The van der Waals surface area contributed by atoms with E-state index in [1.165, 1.54) is 75.1 Å². The monoisotopic (exact) mass is 490 g/mol. The Morgan fingerprint density at radius 1 is 0.541 bits per heavy atom. The Hall–Kier alpha value is -4.20. The highest BCUT2D eigenvalue weighted by Gasteiger charge is 2.17. The second kappa shape index (κ2) is 8.73. The third-order valence-corrected chi connectivity index (χ3v) is 8.74. The van der Waals surface area contributed by atoms with Gasteiger partial charge in [0.1, 0.15) is 0 Å². The lowest BCUT2D eigenvalue weighted by Gasteiger charge is -2.18. The summed E-state index contributed by atoms with van der Waals surface area (Å²) >= 11 is 1.88. The zero-order chi connectivity index (χ0) is 24.9. The Bertz CT molecular complexity index is 1910. The molecule has 0 unspecified atom stereocenters. The lowest BCUT2D eigenvalue weighted by Crippen LogP contribution is -1.91. The minimum atomic E-state index is 0.962. The van der Waals surface area contributed by atoms with Gasteiger partial charge < -0.3 is 0 Å². The fourth-order valence-electron chi connectivity index (χ4n) is 5.71. The van der Waals surface area contributed by atoms with E-state index in [1.807, 2.05) is 11.3 Å². The number of thiophene rings is 1. The van der Waals surface area contributed by atoms with Crippen LogP contribution in [0.3, 0.4) is 0 Å². The van der Waals surface area contributed by atoms with Gasteiger partial charge in [0.15, 0.2) is 0 Å². The van der Waals surface area contributed by atoms with E-state index < -0.39 is 0 Å². The summed E-state index contributed by atoms with van der Waals surface area (Å²) < 4.78 is 2.68. The Morgan fingerprint density at radius 2 is 1.03 bits per heavy atom. The minimum Gasteiger partial charge on any atom is -0.135 e. The standard InChI is InChI=1S/C36H26S/c1-3-23(2)24-16-18-25(19-17-24)35-29-11-4-6-13-31(29)36(32-14-7-5-12-30(32)35)26-20-21-28-27-10-8-9-15-33(27)37-34(28)22-26/h4-22H,2-3H2,1H3. The topological polar surface area (TPSA) is 0 Å². The lowest BCUT2D eigenvalue weighted by atomic mass is 9.85. The Morgan fingerprint density at radius 3 is 1.62 bits per heavy atom. The van der Waals surface area contributed by atoms with Gasteiger partial charge in [0.05, 0.1) is 0 Å². The van der Waals surface area contributed by atoms with E-state index in [0.29, 0.717) is 0 Å². The lowest BCUT2D eigenvalue weighted by molar-refractivity contribution is 1.25. The molecule has 0 amide bonds. The number of hydrogen-bond acceptors (Lipinski definition) is 1.